The highest BCUT2D eigenvalue weighted by atomic mass is 16.3. The SMILES string of the molecule is CCc1oc2ccccc2c1C[C@H]1C(=O)Nc2ccccc21. The fourth-order valence-electron chi connectivity index (χ4n) is 3.34. The molecule has 110 valence electrons. The van der Waals surface area contributed by atoms with Crippen LogP contribution in [0.3, 0.4) is 0 Å². The molecule has 22 heavy (non-hydrogen) atoms. The molecule has 0 bridgehead atoms. The predicted octanol–water partition coefficient (Wildman–Crippen LogP) is 4.27. The molecule has 4 rings (SSSR count). The molecule has 3 nitrogen and oxygen atoms in total. The summed E-state index contributed by atoms with van der Waals surface area (Å²) in [6.07, 6.45) is 1.52. The number of nitrogens with one attached hydrogen (secondary N) is 1. The van der Waals surface area contributed by atoms with E-state index in [1.54, 1.807) is 0 Å². The Morgan fingerprint density at radius 2 is 1.86 bits per heavy atom. The van der Waals surface area contributed by atoms with Crippen LogP contribution in [0.2, 0.25) is 0 Å². The van der Waals surface area contributed by atoms with Gasteiger partial charge in [-0.3, -0.25) is 4.79 Å². The van der Waals surface area contributed by atoms with Crippen LogP contribution in [-0.2, 0) is 17.6 Å². The van der Waals surface area contributed by atoms with Crippen LogP contribution in [0.4, 0.5) is 5.69 Å². The smallest absolute Gasteiger partial charge is 0.232 e. The lowest BCUT2D eigenvalue weighted by Gasteiger charge is -2.09. The summed E-state index contributed by atoms with van der Waals surface area (Å²) in [5, 5.41) is 4.10. The van der Waals surface area contributed by atoms with Crippen molar-refractivity contribution in [1.82, 2.24) is 0 Å². The number of amides is 1. The zero-order valence-corrected chi connectivity index (χ0v) is 12.4. The van der Waals surface area contributed by atoms with Gasteiger partial charge in [-0.15, -0.1) is 0 Å². The minimum Gasteiger partial charge on any atom is -0.461 e. The van der Waals surface area contributed by atoms with Gasteiger partial charge in [-0.1, -0.05) is 43.3 Å². The topological polar surface area (TPSA) is 42.2 Å². The average Bonchev–Trinajstić information content (AvgIpc) is 3.06. The third-order valence-electron chi connectivity index (χ3n) is 4.42. The van der Waals surface area contributed by atoms with Crippen LogP contribution < -0.4 is 5.32 Å². The first-order chi connectivity index (χ1) is 10.8. The minimum absolute atomic E-state index is 0.0773. The number of para-hydroxylation sites is 2. The molecule has 3 aromatic rings. The molecular weight excluding hydrogens is 274 g/mol. The summed E-state index contributed by atoms with van der Waals surface area (Å²) in [4.78, 5) is 12.4. The van der Waals surface area contributed by atoms with E-state index >= 15 is 0 Å². The van der Waals surface area contributed by atoms with E-state index in [9.17, 15) is 4.79 Å². The van der Waals surface area contributed by atoms with E-state index in [1.807, 2.05) is 42.5 Å². The molecule has 1 aromatic heterocycles. The molecule has 3 heteroatoms. The molecule has 0 saturated carbocycles. The third-order valence-corrected chi connectivity index (χ3v) is 4.42. The molecule has 0 spiro atoms. The zero-order chi connectivity index (χ0) is 15.1. The largest absolute Gasteiger partial charge is 0.461 e. The summed E-state index contributed by atoms with van der Waals surface area (Å²) in [6.45, 7) is 2.09. The van der Waals surface area contributed by atoms with E-state index in [2.05, 4.69) is 18.3 Å². The monoisotopic (exact) mass is 291 g/mol. The van der Waals surface area contributed by atoms with Gasteiger partial charge in [0.2, 0.25) is 5.91 Å². The van der Waals surface area contributed by atoms with Gasteiger partial charge < -0.3 is 9.73 Å². The van der Waals surface area contributed by atoms with Crippen LogP contribution >= 0.6 is 0 Å². The second-order valence-corrected chi connectivity index (χ2v) is 5.69. The summed E-state index contributed by atoms with van der Waals surface area (Å²) in [6, 6.07) is 16.0. The molecule has 1 amide bonds. The van der Waals surface area contributed by atoms with Gasteiger partial charge in [-0.05, 0) is 24.1 Å². The second-order valence-electron chi connectivity index (χ2n) is 5.69. The Bertz CT molecular complexity index is 863. The predicted molar refractivity (Wildman–Crippen MR) is 87.1 cm³/mol. The summed E-state index contributed by atoms with van der Waals surface area (Å²) in [7, 11) is 0. The van der Waals surface area contributed by atoms with Gasteiger partial charge in [0.25, 0.3) is 0 Å². The molecule has 1 aliphatic rings. The number of hydrogen-bond donors (Lipinski definition) is 1. The number of carbonyl (C=O) groups excluding carboxylic acids is 1. The van der Waals surface area contributed by atoms with Crippen LogP contribution in [0.15, 0.2) is 52.9 Å². The molecular formula is C19H17NO2. The Kier molecular flexibility index (Phi) is 3.00. The summed E-state index contributed by atoms with van der Waals surface area (Å²) >= 11 is 0. The first-order valence-electron chi connectivity index (χ1n) is 7.67. The number of fused-ring (bicyclic) bond motifs is 2. The van der Waals surface area contributed by atoms with Gasteiger partial charge in [0.1, 0.15) is 11.3 Å². The normalized spacial score (nSPS) is 16.8. The van der Waals surface area contributed by atoms with Crippen molar-refractivity contribution in [2.45, 2.75) is 25.7 Å². The third kappa shape index (κ3) is 1.93. The highest BCUT2D eigenvalue weighted by Gasteiger charge is 2.31. The lowest BCUT2D eigenvalue weighted by atomic mass is 9.91. The molecule has 0 unspecified atom stereocenters. The van der Waals surface area contributed by atoms with Gasteiger partial charge in [-0.25, -0.2) is 0 Å². The number of rotatable bonds is 3. The Balaban J connectivity index is 1.80. The molecule has 2 heterocycles. The van der Waals surface area contributed by atoms with Gasteiger partial charge in [-0.2, -0.15) is 0 Å². The lowest BCUT2D eigenvalue weighted by Crippen LogP contribution is -2.14. The highest BCUT2D eigenvalue weighted by Crippen LogP contribution is 2.37. The Morgan fingerprint density at radius 3 is 2.73 bits per heavy atom. The highest BCUT2D eigenvalue weighted by molar-refractivity contribution is 6.03. The number of benzene rings is 2. The van der Waals surface area contributed by atoms with Gasteiger partial charge >= 0.3 is 0 Å². The molecule has 1 N–H and O–H groups in total. The summed E-state index contributed by atoms with van der Waals surface area (Å²) < 4.78 is 5.95. The molecule has 1 aliphatic heterocycles. The molecule has 2 aromatic carbocycles. The van der Waals surface area contributed by atoms with Gasteiger partial charge in [0, 0.05) is 23.1 Å². The van der Waals surface area contributed by atoms with Crippen molar-refractivity contribution in [1.29, 1.82) is 0 Å². The van der Waals surface area contributed by atoms with E-state index in [0.29, 0.717) is 6.42 Å². The van der Waals surface area contributed by atoms with E-state index in [0.717, 1.165) is 40.0 Å². The number of anilines is 1. The van der Waals surface area contributed by atoms with Gasteiger partial charge in [0.15, 0.2) is 0 Å². The summed E-state index contributed by atoms with van der Waals surface area (Å²) in [5.74, 6) is 0.925. The standard InChI is InChI=1S/C19H17NO2/c1-2-17-14(13-8-4-6-10-18(13)22-17)11-15-12-7-3-5-9-16(12)20-19(15)21/h3-10,15H,2,11H2,1H3,(H,20,21)/t15-/m1/s1. The van der Waals surface area contributed by atoms with Gasteiger partial charge in [0.05, 0.1) is 5.92 Å². The fourth-order valence-corrected chi connectivity index (χ4v) is 3.34. The van der Waals surface area contributed by atoms with E-state index in [4.69, 9.17) is 4.42 Å². The van der Waals surface area contributed by atoms with E-state index in [-0.39, 0.29) is 11.8 Å². The van der Waals surface area contributed by atoms with Crippen molar-refractivity contribution in [3.8, 4) is 0 Å². The van der Waals surface area contributed by atoms with Crippen molar-refractivity contribution in [3.05, 3.63) is 65.4 Å². The Morgan fingerprint density at radius 1 is 1.09 bits per heavy atom. The lowest BCUT2D eigenvalue weighted by molar-refractivity contribution is -0.117. The molecule has 1 atom stereocenters. The molecule has 0 fully saturated rings. The van der Waals surface area contributed by atoms with E-state index in [1.165, 1.54) is 0 Å². The van der Waals surface area contributed by atoms with E-state index < -0.39 is 0 Å². The summed E-state index contributed by atoms with van der Waals surface area (Å²) in [5.41, 5.74) is 4.08. The molecule has 0 aliphatic carbocycles. The van der Waals surface area contributed by atoms with Crippen molar-refractivity contribution >= 4 is 22.6 Å². The molecule has 0 saturated heterocycles. The van der Waals surface area contributed by atoms with Crippen molar-refractivity contribution < 1.29 is 9.21 Å². The Hall–Kier alpha value is -2.55. The maximum atomic E-state index is 12.4. The van der Waals surface area contributed by atoms with Crippen LogP contribution in [0, 0.1) is 0 Å². The van der Waals surface area contributed by atoms with Crippen LogP contribution in [0.25, 0.3) is 11.0 Å². The fraction of sp³-hybridized carbons (Fsp3) is 0.211. The first kappa shape index (κ1) is 13.1. The zero-order valence-electron chi connectivity index (χ0n) is 12.4. The number of furan rings is 1. The average molecular weight is 291 g/mol. The first-order valence-corrected chi connectivity index (χ1v) is 7.67. The second kappa shape index (κ2) is 5.02. The maximum Gasteiger partial charge on any atom is 0.232 e. The van der Waals surface area contributed by atoms with Crippen LogP contribution in [0.1, 0.15) is 29.7 Å². The van der Waals surface area contributed by atoms with Crippen molar-refractivity contribution in [2.75, 3.05) is 5.32 Å². The number of aryl methyl sites for hydroxylation is 1. The van der Waals surface area contributed by atoms with Crippen LogP contribution in [-0.4, -0.2) is 5.91 Å². The van der Waals surface area contributed by atoms with Crippen LogP contribution in [0.5, 0.6) is 0 Å². The van der Waals surface area contributed by atoms with Crippen molar-refractivity contribution in [3.63, 3.8) is 0 Å². The minimum atomic E-state index is -0.137. The maximum absolute atomic E-state index is 12.4. The van der Waals surface area contributed by atoms with Crippen molar-refractivity contribution in [2.24, 2.45) is 0 Å². The quantitative estimate of drug-likeness (QED) is 0.783. The number of hydrogen-bond acceptors (Lipinski definition) is 2. The number of carbonyl (C=O) groups is 1. The Labute approximate surface area is 128 Å². The molecule has 0 radical (unpaired) electrons.